The third-order valence-corrected chi connectivity index (χ3v) is 2.35. The Bertz CT molecular complexity index is 458. The second-order valence-corrected chi connectivity index (χ2v) is 4.23. The van der Waals surface area contributed by atoms with Crippen molar-refractivity contribution in [2.24, 2.45) is 0 Å². The van der Waals surface area contributed by atoms with Crippen molar-refractivity contribution >= 4 is 11.6 Å². The molecule has 0 aliphatic heterocycles. The van der Waals surface area contributed by atoms with Gasteiger partial charge in [-0.3, -0.25) is 4.79 Å². The number of hydrogen-bond acceptors (Lipinski definition) is 4. The number of benzene rings is 1. The molecule has 0 bridgehead atoms. The van der Waals surface area contributed by atoms with E-state index in [1.54, 1.807) is 18.2 Å². The lowest BCUT2D eigenvalue weighted by Gasteiger charge is -2.10. The summed E-state index contributed by atoms with van der Waals surface area (Å²) in [5, 5.41) is 2.75. The fraction of sp³-hybridized carbons (Fsp3) is 0.357. The van der Waals surface area contributed by atoms with Crippen molar-refractivity contribution in [3.63, 3.8) is 0 Å². The minimum absolute atomic E-state index is 0.212. The van der Waals surface area contributed by atoms with Gasteiger partial charge in [0.1, 0.15) is 5.75 Å². The van der Waals surface area contributed by atoms with Crippen LogP contribution in [0.1, 0.15) is 17.3 Å². The van der Waals surface area contributed by atoms with E-state index in [2.05, 4.69) is 11.9 Å². The first-order valence-electron chi connectivity index (χ1n) is 5.98. The molecule has 1 aromatic rings. The summed E-state index contributed by atoms with van der Waals surface area (Å²) in [6.45, 7) is 6.98. The number of methoxy groups -OCH3 is 1. The molecule has 0 atom stereocenters. The van der Waals surface area contributed by atoms with Crippen molar-refractivity contribution in [1.82, 2.24) is 5.32 Å². The molecule has 3 N–H and O–H groups in total. The topological polar surface area (TPSA) is 73.6 Å². The molecular weight excluding hydrogens is 244 g/mol. The number of amides is 1. The second kappa shape index (κ2) is 7.43. The lowest BCUT2D eigenvalue weighted by Crippen LogP contribution is -2.27. The van der Waals surface area contributed by atoms with Crippen molar-refractivity contribution in [3.05, 3.63) is 35.9 Å². The Morgan fingerprint density at radius 1 is 1.47 bits per heavy atom. The zero-order chi connectivity index (χ0) is 14.3. The van der Waals surface area contributed by atoms with E-state index in [4.69, 9.17) is 15.2 Å². The third kappa shape index (κ3) is 5.01. The van der Waals surface area contributed by atoms with E-state index in [0.717, 1.165) is 5.57 Å². The fourth-order valence-corrected chi connectivity index (χ4v) is 1.47. The van der Waals surface area contributed by atoms with Crippen molar-refractivity contribution in [2.45, 2.75) is 6.92 Å². The van der Waals surface area contributed by atoms with Crippen molar-refractivity contribution in [3.8, 4) is 5.75 Å². The zero-order valence-electron chi connectivity index (χ0n) is 11.4. The van der Waals surface area contributed by atoms with Gasteiger partial charge in [-0.25, -0.2) is 0 Å². The molecule has 0 saturated carbocycles. The van der Waals surface area contributed by atoms with Crippen LogP contribution in [0.5, 0.6) is 5.75 Å². The minimum Gasteiger partial charge on any atom is -0.496 e. The van der Waals surface area contributed by atoms with Crippen LogP contribution in [0.3, 0.4) is 0 Å². The van der Waals surface area contributed by atoms with Gasteiger partial charge in [0.25, 0.3) is 5.91 Å². The van der Waals surface area contributed by atoms with Gasteiger partial charge in [0.05, 0.1) is 25.9 Å². The largest absolute Gasteiger partial charge is 0.496 e. The summed E-state index contributed by atoms with van der Waals surface area (Å²) in [6.07, 6.45) is 0. The van der Waals surface area contributed by atoms with Crippen LogP contribution in [0.25, 0.3) is 0 Å². The van der Waals surface area contributed by atoms with Crippen LogP contribution in [0.4, 0.5) is 5.69 Å². The summed E-state index contributed by atoms with van der Waals surface area (Å²) >= 11 is 0. The van der Waals surface area contributed by atoms with Crippen LogP contribution in [-0.2, 0) is 4.74 Å². The van der Waals surface area contributed by atoms with Crippen LogP contribution in [0, 0.1) is 0 Å². The lowest BCUT2D eigenvalue weighted by molar-refractivity contribution is 0.0924. The fourth-order valence-electron chi connectivity index (χ4n) is 1.47. The monoisotopic (exact) mass is 264 g/mol. The average molecular weight is 264 g/mol. The Hall–Kier alpha value is -2.01. The van der Waals surface area contributed by atoms with E-state index in [-0.39, 0.29) is 5.91 Å². The highest BCUT2D eigenvalue weighted by Crippen LogP contribution is 2.21. The van der Waals surface area contributed by atoms with Crippen LogP contribution in [-0.4, -0.2) is 32.8 Å². The Kier molecular flexibility index (Phi) is 5.89. The average Bonchev–Trinajstić information content (AvgIpc) is 2.37. The first-order chi connectivity index (χ1) is 9.04. The maximum atomic E-state index is 11.9. The summed E-state index contributed by atoms with van der Waals surface area (Å²) in [5.74, 6) is 0.246. The van der Waals surface area contributed by atoms with Crippen molar-refractivity contribution in [2.75, 3.05) is 32.6 Å². The standard InChI is InChI=1S/C14H20N2O3/c1-10(2)9-19-7-6-16-14(17)12-5-4-11(15)8-13(12)18-3/h4-5,8H,1,6-7,9,15H2,2-3H3,(H,16,17). The van der Waals surface area contributed by atoms with Crippen molar-refractivity contribution < 1.29 is 14.3 Å². The maximum Gasteiger partial charge on any atom is 0.255 e. The molecule has 0 unspecified atom stereocenters. The molecule has 5 heteroatoms. The van der Waals surface area contributed by atoms with Gasteiger partial charge in [0.15, 0.2) is 0 Å². The predicted octanol–water partition coefficient (Wildman–Crippen LogP) is 1.60. The molecule has 104 valence electrons. The second-order valence-electron chi connectivity index (χ2n) is 4.23. The molecule has 0 spiro atoms. The molecule has 0 heterocycles. The number of carbonyl (C=O) groups excluding carboxylic acids is 1. The third-order valence-electron chi connectivity index (χ3n) is 2.35. The first-order valence-corrected chi connectivity index (χ1v) is 5.98. The predicted molar refractivity (Wildman–Crippen MR) is 75.4 cm³/mol. The summed E-state index contributed by atoms with van der Waals surface area (Å²) in [7, 11) is 1.50. The summed E-state index contributed by atoms with van der Waals surface area (Å²) in [4.78, 5) is 11.9. The number of anilines is 1. The molecule has 0 aliphatic rings. The molecule has 0 aromatic heterocycles. The number of ether oxygens (including phenoxy) is 2. The molecule has 1 amide bonds. The first kappa shape index (κ1) is 15.0. The van der Waals surface area contributed by atoms with Gasteiger partial charge in [0, 0.05) is 18.3 Å². The van der Waals surface area contributed by atoms with Crippen LogP contribution in [0.2, 0.25) is 0 Å². The smallest absolute Gasteiger partial charge is 0.255 e. The summed E-state index contributed by atoms with van der Waals surface area (Å²) in [6, 6.07) is 4.92. The van der Waals surface area contributed by atoms with E-state index in [0.29, 0.717) is 36.8 Å². The summed E-state index contributed by atoms with van der Waals surface area (Å²) in [5.41, 5.74) is 7.59. The molecule has 0 radical (unpaired) electrons. The molecule has 0 saturated heterocycles. The highest BCUT2D eigenvalue weighted by Gasteiger charge is 2.11. The Labute approximate surface area is 113 Å². The van der Waals surface area contributed by atoms with Gasteiger partial charge in [-0.1, -0.05) is 12.2 Å². The van der Waals surface area contributed by atoms with Gasteiger partial charge in [-0.15, -0.1) is 0 Å². The number of hydrogen-bond donors (Lipinski definition) is 2. The van der Waals surface area contributed by atoms with Crippen LogP contribution >= 0.6 is 0 Å². The van der Waals surface area contributed by atoms with E-state index in [1.807, 2.05) is 6.92 Å². The molecule has 1 rings (SSSR count). The Morgan fingerprint density at radius 2 is 2.21 bits per heavy atom. The number of nitrogen functional groups attached to an aromatic ring is 1. The number of nitrogens with one attached hydrogen (secondary N) is 1. The maximum absolute atomic E-state index is 11.9. The van der Waals surface area contributed by atoms with Crippen molar-refractivity contribution in [1.29, 1.82) is 0 Å². The lowest BCUT2D eigenvalue weighted by atomic mass is 10.1. The van der Waals surface area contributed by atoms with Crippen LogP contribution in [0.15, 0.2) is 30.4 Å². The Morgan fingerprint density at radius 3 is 2.84 bits per heavy atom. The molecule has 0 fully saturated rings. The minimum atomic E-state index is -0.212. The van der Waals surface area contributed by atoms with Gasteiger partial charge in [0.2, 0.25) is 0 Å². The highest BCUT2D eigenvalue weighted by atomic mass is 16.5. The summed E-state index contributed by atoms with van der Waals surface area (Å²) < 4.78 is 10.4. The van der Waals surface area contributed by atoms with E-state index in [9.17, 15) is 4.79 Å². The van der Waals surface area contributed by atoms with Gasteiger partial charge in [-0.2, -0.15) is 0 Å². The van der Waals surface area contributed by atoms with E-state index < -0.39 is 0 Å². The van der Waals surface area contributed by atoms with Gasteiger partial charge >= 0.3 is 0 Å². The van der Waals surface area contributed by atoms with Gasteiger partial charge in [-0.05, 0) is 19.1 Å². The number of carbonyl (C=O) groups is 1. The highest BCUT2D eigenvalue weighted by molar-refractivity contribution is 5.97. The normalized spacial score (nSPS) is 10.0. The number of rotatable bonds is 7. The van der Waals surface area contributed by atoms with Gasteiger partial charge < -0.3 is 20.5 Å². The molecular formula is C14H20N2O3. The van der Waals surface area contributed by atoms with E-state index >= 15 is 0 Å². The molecule has 1 aromatic carbocycles. The molecule has 19 heavy (non-hydrogen) atoms. The quantitative estimate of drug-likeness (QED) is 0.445. The number of nitrogens with two attached hydrogens (primary N) is 1. The van der Waals surface area contributed by atoms with E-state index in [1.165, 1.54) is 7.11 Å². The Balaban J connectivity index is 2.47. The molecule has 5 nitrogen and oxygen atoms in total. The SMILES string of the molecule is C=C(C)COCCNC(=O)c1ccc(N)cc1OC. The molecule has 0 aliphatic carbocycles. The van der Waals surface area contributed by atoms with Crippen LogP contribution < -0.4 is 15.8 Å². The zero-order valence-corrected chi connectivity index (χ0v) is 11.4.